The van der Waals surface area contributed by atoms with Crippen LogP contribution in [-0.4, -0.2) is 96.7 Å². The SMILES string of the molecule is CCCCCC/C=C\C=C/CCCCCCCC(=O)OC[C@H](COP(=O)(O)OC[C@@H](O)COP(=O)(O)OC[C@@H](COC(=O)CCCCCCCCCCCCCCC)OC(=O)CCCCCCCCCCCCCCCCC)OC(=O)CCCCCCCCCCCCCCCCC(C)CC. The zero-order chi connectivity index (χ0) is 74.1. The molecule has 0 amide bonds. The minimum Gasteiger partial charge on any atom is -0.462 e. The number of aliphatic hydroxyl groups excluding tert-OH is 1. The molecule has 0 rings (SSSR count). The number of hydrogen-bond donors (Lipinski definition) is 3. The van der Waals surface area contributed by atoms with E-state index in [0.29, 0.717) is 25.7 Å². The number of hydrogen-bond acceptors (Lipinski definition) is 15. The van der Waals surface area contributed by atoms with Crippen molar-refractivity contribution < 1.29 is 80.2 Å². The van der Waals surface area contributed by atoms with Gasteiger partial charge in [-0.2, -0.15) is 0 Å². The molecule has 3 unspecified atom stereocenters. The highest BCUT2D eigenvalue weighted by Crippen LogP contribution is 2.45. The van der Waals surface area contributed by atoms with E-state index >= 15 is 0 Å². The highest BCUT2D eigenvalue weighted by molar-refractivity contribution is 7.47. The Labute approximate surface area is 618 Å². The van der Waals surface area contributed by atoms with Crippen molar-refractivity contribution in [2.75, 3.05) is 39.6 Å². The average Bonchev–Trinajstić information content (AvgIpc) is 0.931. The van der Waals surface area contributed by atoms with Crippen LogP contribution in [0.1, 0.15) is 413 Å². The van der Waals surface area contributed by atoms with Crippen LogP contribution in [0.4, 0.5) is 0 Å². The molecule has 0 saturated carbocycles. The first-order chi connectivity index (χ1) is 49.1. The molecule has 0 aromatic carbocycles. The number of phosphoric acid groups is 2. The van der Waals surface area contributed by atoms with Gasteiger partial charge in [0.25, 0.3) is 0 Å². The third-order valence-electron chi connectivity index (χ3n) is 19.0. The van der Waals surface area contributed by atoms with Crippen LogP contribution in [0.15, 0.2) is 24.3 Å². The van der Waals surface area contributed by atoms with Gasteiger partial charge in [0.1, 0.15) is 19.3 Å². The van der Waals surface area contributed by atoms with Crippen molar-refractivity contribution in [1.82, 2.24) is 0 Å². The molecule has 0 aliphatic carbocycles. The van der Waals surface area contributed by atoms with Crippen molar-refractivity contribution in [3.05, 3.63) is 24.3 Å². The van der Waals surface area contributed by atoms with E-state index in [2.05, 4.69) is 58.9 Å². The summed E-state index contributed by atoms with van der Waals surface area (Å²) in [4.78, 5) is 73.1. The Morgan fingerprint density at radius 2 is 0.554 bits per heavy atom. The minimum absolute atomic E-state index is 0.101. The number of esters is 4. The summed E-state index contributed by atoms with van der Waals surface area (Å²) in [6.45, 7) is 7.33. The second-order valence-electron chi connectivity index (χ2n) is 29.1. The summed E-state index contributed by atoms with van der Waals surface area (Å²) in [5.74, 6) is -1.29. The molecular weight excluding hydrogens is 1320 g/mol. The summed E-state index contributed by atoms with van der Waals surface area (Å²) in [6, 6.07) is 0. The minimum atomic E-state index is -4.97. The van der Waals surface area contributed by atoms with Crippen molar-refractivity contribution in [2.45, 2.75) is 432 Å². The van der Waals surface area contributed by atoms with Gasteiger partial charge in [-0.3, -0.25) is 37.3 Å². The van der Waals surface area contributed by atoms with Gasteiger partial charge in [-0.1, -0.05) is 361 Å². The summed E-state index contributed by atoms with van der Waals surface area (Å²) < 4.78 is 68.7. The number of carbonyl (C=O) groups is 4. The molecular formula is C82H156O17P2. The third kappa shape index (κ3) is 74.2. The lowest BCUT2D eigenvalue weighted by molar-refractivity contribution is -0.161. The van der Waals surface area contributed by atoms with E-state index in [-0.39, 0.29) is 25.7 Å². The van der Waals surface area contributed by atoms with Gasteiger partial charge in [0.15, 0.2) is 12.2 Å². The number of rotatable bonds is 80. The number of carbonyl (C=O) groups excluding carboxylic acids is 4. The van der Waals surface area contributed by atoms with Crippen molar-refractivity contribution >= 4 is 39.5 Å². The number of allylic oxidation sites excluding steroid dienone is 4. The van der Waals surface area contributed by atoms with E-state index in [1.54, 1.807) is 0 Å². The van der Waals surface area contributed by atoms with Crippen LogP contribution in [-0.2, 0) is 65.4 Å². The maximum absolute atomic E-state index is 13.1. The quantitative estimate of drug-likeness (QED) is 0.0169. The van der Waals surface area contributed by atoms with E-state index in [4.69, 9.17) is 37.0 Å². The first-order valence-electron chi connectivity index (χ1n) is 42.0. The van der Waals surface area contributed by atoms with Crippen molar-refractivity contribution in [1.29, 1.82) is 0 Å². The van der Waals surface area contributed by atoms with Gasteiger partial charge in [-0.05, 0) is 57.3 Å². The molecule has 17 nitrogen and oxygen atoms in total. The monoisotopic (exact) mass is 1480 g/mol. The molecule has 3 N–H and O–H groups in total. The molecule has 0 bridgehead atoms. The first-order valence-corrected chi connectivity index (χ1v) is 45.0. The summed E-state index contributed by atoms with van der Waals surface area (Å²) in [5, 5.41) is 10.7. The van der Waals surface area contributed by atoms with E-state index in [1.165, 1.54) is 218 Å². The molecule has 19 heteroatoms. The Morgan fingerprint density at radius 3 is 0.842 bits per heavy atom. The number of ether oxygens (including phenoxy) is 4. The third-order valence-corrected chi connectivity index (χ3v) is 20.9. The van der Waals surface area contributed by atoms with Gasteiger partial charge in [0.05, 0.1) is 26.4 Å². The van der Waals surface area contributed by atoms with Gasteiger partial charge >= 0.3 is 39.5 Å². The zero-order valence-corrected chi connectivity index (χ0v) is 67.3. The van der Waals surface area contributed by atoms with Gasteiger partial charge in [0.2, 0.25) is 0 Å². The normalized spacial score (nSPS) is 14.3. The van der Waals surface area contributed by atoms with Crippen LogP contribution in [0, 0.1) is 5.92 Å². The molecule has 0 fully saturated rings. The maximum atomic E-state index is 13.1. The fraction of sp³-hybridized carbons (Fsp3) is 0.902. The Kier molecular flexibility index (Phi) is 72.6. The molecule has 0 aliphatic rings. The molecule has 0 spiro atoms. The lowest BCUT2D eigenvalue weighted by atomic mass is 9.99. The molecule has 0 aromatic rings. The highest BCUT2D eigenvalue weighted by Gasteiger charge is 2.30. The smallest absolute Gasteiger partial charge is 0.462 e. The molecule has 0 aliphatic heterocycles. The van der Waals surface area contributed by atoms with Gasteiger partial charge in [-0.25, -0.2) is 9.13 Å². The number of phosphoric ester groups is 2. The summed E-state index contributed by atoms with van der Waals surface area (Å²) in [5.41, 5.74) is 0. The van der Waals surface area contributed by atoms with Crippen LogP contribution in [0.2, 0.25) is 0 Å². The van der Waals surface area contributed by atoms with Crippen LogP contribution in [0.3, 0.4) is 0 Å². The summed E-state index contributed by atoms with van der Waals surface area (Å²) in [7, 11) is -9.93. The molecule has 0 aromatic heterocycles. The van der Waals surface area contributed by atoms with E-state index in [1.807, 2.05) is 0 Å². The maximum Gasteiger partial charge on any atom is 0.472 e. The lowest BCUT2D eigenvalue weighted by Gasteiger charge is -2.21. The topological polar surface area (TPSA) is 237 Å². The largest absolute Gasteiger partial charge is 0.472 e. The summed E-state index contributed by atoms with van der Waals surface area (Å²) >= 11 is 0. The van der Waals surface area contributed by atoms with Crippen molar-refractivity contribution in [2.24, 2.45) is 5.92 Å². The van der Waals surface area contributed by atoms with Crippen molar-refractivity contribution in [3.63, 3.8) is 0 Å². The van der Waals surface area contributed by atoms with E-state index in [9.17, 15) is 43.2 Å². The molecule has 596 valence electrons. The summed E-state index contributed by atoms with van der Waals surface area (Å²) in [6.07, 6.45) is 68.5. The Bertz CT molecular complexity index is 2020. The van der Waals surface area contributed by atoms with E-state index < -0.39 is 97.5 Å². The van der Waals surface area contributed by atoms with Crippen molar-refractivity contribution in [3.8, 4) is 0 Å². The Balaban J connectivity index is 5.30. The van der Waals surface area contributed by atoms with Crippen LogP contribution < -0.4 is 0 Å². The van der Waals surface area contributed by atoms with Gasteiger partial charge in [0, 0.05) is 25.7 Å². The predicted molar refractivity (Wildman–Crippen MR) is 414 cm³/mol. The van der Waals surface area contributed by atoms with E-state index in [0.717, 1.165) is 115 Å². The molecule has 0 heterocycles. The van der Waals surface area contributed by atoms with Crippen LogP contribution in [0.5, 0.6) is 0 Å². The van der Waals surface area contributed by atoms with Crippen LogP contribution >= 0.6 is 15.6 Å². The second kappa shape index (κ2) is 74.4. The molecule has 0 radical (unpaired) electrons. The predicted octanol–water partition coefficient (Wildman–Crippen LogP) is 24.4. The Morgan fingerprint density at radius 1 is 0.317 bits per heavy atom. The number of aliphatic hydroxyl groups is 1. The molecule has 0 saturated heterocycles. The van der Waals surface area contributed by atoms with Crippen LogP contribution in [0.25, 0.3) is 0 Å². The highest BCUT2D eigenvalue weighted by atomic mass is 31.2. The molecule has 101 heavy (non-hydrogen) atoms. The average molecular weight is 1480 g/mol. The lowest BCUT2D eigenvalue weighted by Crippen LogP contribution is -2.30. The standard InChI is InChI=1S/C82H156O17P2/c1-6-10-13-16-19-22-25-28-30-36-41-46-51-56-61-66-80(85)93-72-78(99-82(87)68-63-58-53-48-43-38-33-32-35-39-44-49-54-59-64-75(5)9-4)74-97-101(90,91)95-70-76(83)69-94-100(88,89)96-73-77(71-92-79(84)65-60-55-50-45-40-34-27-24-21-18-15-12-8-3)98-81(86)67-62-57-52-47-42-37-31-29-26-23-20-17-14-11-7-2/h22,25,28,30,75-78,83H,6-21,23-24,26-27,29,31-74H2,1-5H3,(H,88,89)(H,90,91)/b25-22-,30-28-/t75?,76-,77+,78+/m0/s1. The first kappa shape index (κ1) is 98.5. The zero-order valence-electron chi connectivity index (χ0n) is 65.5. The second-order valence-corrected chi connectivity index (χ2v) is 32.0. The number of unbranched alkanes of at least 4 members (excludes halogenated alkanes) is 48. The fourth-order valence-corrected chi connectivity index (χ4v) is 13.8. The molecule has 6 atom stereocenters. The van der Waals surface area contributed by atoms with Gasteiger partial charge in [-0.15, -0.1) is 0 Å². The Hall–Kier alpha value is -2.46. The van der Waals surface area contributed by atoms with Gasteiger partial charge < -0.3 is 33.8 Å². The fourth-order valence-electron chi connectivity index (χ4n) is 12.2.